The van der Waals surface area contributed by atoms with E-state index in [0.717, 1.165) is 60.8 Å². The van der Waals surface area contributed by atoms with Crippen molar-refractivity contribution in [2.24, 2.45) is 0 Å². The van der Waals surface area contributed by atoms with Crippen molar-refractivity contribution in [1.82, 2.24) is 19.1 Å². The van der Waals surface area contributed by atoms with Crippen LogP contribution in [0.25, 0.3) is 88.5 Å². The van der Waals surface area contributed by atoms with E-state index in [4.69, 9.17) is 9.97 Å². The van der Waals surface area contributed by atoms with E-state index in [1.807, 2.05) is 0 Å². The van der Waals surface area contributed by atoms with E-state index >= 15 is 0 Å². The highest BCUT2D eigenvalue weighted by molar-refractivity contribution is 7.19. The number of hydrogen-bond donors (Lipinski definition) is 0. The fourth-order valence-corrected chi connectivity index (χ4v) is 15.5. The van der Waals surface area contributed by atoms with Crippen LogP contribution in [0.2, 0.25) is 0 Å². The Morgan fingerprint density at radius 3 is 1.45 bits per heavy atom. The molecule has 0 spiro atoms. The van der Waals surface area contributed by atoms with Crippen molar-refractivity contribution in [3.8, 4) is 34.0 Å². The number of fused-ring (bicyclic) bond motifs is 7. The highest BCUT2D eigenvalue weighted by Gasteiger charge is 2.41. The first-order valence-corrected chi connectivity index (χ1v) is 24.9. The van der Waals surface area contributed by atoms with Crippen molar-refractivity contribution in [1.29, 1.82) is 0 Å². The van der Waals surface area contributed by atoms with Crippen molar-refractivity contribution < 1.29 is 0 Å². The Hall–Kier alpha value is -8.64. The smallest absolute Gasteiger partial charge is 0.235 e. The Balaban J connectivity index is 0.997. The van der Waals surface area contributed by atoms with Crippen LogP contribution in [0.5, 0.6) is 0 Å². The van der Waals surface area contributed by atoms with Gasteiger partial charge in [-0.2, -0.15) is 0 Å². The Kier molecular flexibility index (Phi) is 9.15. The SMILES string of the molecule is c1ccc(-n2c3ccccc3c3ccc(-c4ccc5c(c4)c4ccccc4n5-c4nc(-c5cccc([Si](c6ccccc6)(c6ccccc6)c6ccccc6)c5)c5ccccc5n4)cc32)cc1. The summed E-state index contributed by atoms with van der Waals surface area (Å²) in [6, 6.07) is 92.7. The molecule has 314 valence electrons. The van der Waals surface area contributed by atoms with Crippen molar-refractivity contribution in [2.45, 2.75) is 0 Å². The molecule has 0 amide bonds. The van der Waals surface area contributed by atoms with Crippen LogP contribution < -0.4 is 20.7 Å². The van der Waals surface area contributed by atoms with Crippen LogP contribution in [0, 0.1) is 0 Å². The largest absolute Gasteiger partial charge is 0.309 e. The summed E-state index contributed by atoms with van der Waals surface area (Å²) in [5.74, 6) is 0.643. The second-order valence-corrected chi connectivity index (χ2v) is 21.1. The van der Waals surface area contributed by atoms with Crippen LogP contribution in [0.1, 0.15) is 0 Å². The predicted octanol–water partition coefficient (Wildman–Crippen LogP) is 12.5. The third-order valence-electron chi connectivity index (χ3n) is 13.7. The average molecular weight is 871 g/mol. The average Bonchev–Trinajstić information content (AvgIpc) is 3.92. The summed E-state index contributed by atoms with van der Waals surface area (Å²) in [6.07, 6.45) is 0. The van der Waals surface area contributed by atoms with Gasteiger partial charge in [-0.25, -0.2) is 9.97 Å². The number of para-hydroxylation sites is 4. The molecule has 13 rings (SSSR count). The van der Waals surface area contributed by atoms with Gasteiger partial charge in [0.25, 0.3) is 0 Å². The molecule has 0 fully saturated rings. The molecule has 0 bridgehead atoms. The third-order valence-corrected chi connectivity index (χ3v) is 18.5. The molecule has 0 aliphatic rings. The first-order valence-electron chi connectivity index (χ1n) is 22.9. The lowest BCUT2D eigenvalue weighted by Gasteiger charge is -2.34. The quantitative estimate of drug-likeness (QED) is 0.113. The Labute approximate surface area is 389 Å². The highest BCUT2D eigenvalue weighted by atomic mass is 28.3. The normalized spacial score (nSPS) is 11.9. The van der Waals surface area contributed by atoms with Crippen LogP contribution in [0.3, 0.4) is 0 Å². The van der Waals surface area contributed by atoms with Crippen LogP contribution >= 0.6 is 0 Å². The molecule has 10 aromatic carbocycles. The molecule has 0 N–H and O–H groups in total. The van der Waals surface area contributed by atoms with Crippen LogP contribution in [-0.4, -0.2) is 27.2 Å². The lowest BCUT2D eigenvalue weighted by atomic mass is 10.0. The van der Waals surface area contributed by atoms with Gasteiger partial charge in [-0.15, -0.1) is 0 Å². The summed E-state index contributed by atoms with van der Waals surface area (Å²) in [4.78, 5) is 10.9. The van der Waals surface area contributed by atoms with E-state index in [1.165, 1.54) is 42.6 Å². The van der Waals surface area contributed by atoms with E-state index in [-0.39, 0.29) is 0 Å². The van der Waals surface area contributed by atoms with E-state index < -0.39 is 8.07 Å². The maximum Gasteiger partial charge on any atom is 0.235 e. The first-order chi connectivity index (χ1) is 33.2. The molecule has 4 nitrogen and oxygen atoms in total. The fourth-order valence-electron chi connectivity index (χ4n) is 10.7. The minimum atomic E-state index is -2.80. The molecule has 0 radical (unpaired) electrons. The van der Waals surface area contributed by atoms with Crippen LogP contribution in [-0.2, 0) is 0 Å². The number of rotatable bonds is 8. The van der Waals surface area contributed by atoms with E-state index in [9.17, 15) is 0 Å². The minimum absolute atomic E-state index is 0.643. The maximum atomic E-state index is 5.59. The molecular formula is C62H42N4Si. The van der Waals surface area contributed by atoms with Crippen LogP contribution in [0.4, 0.5) is 0 Å². The van der Waals surface area contributed by atoms with Crippen LogP contribution in [0.15, 0.2) is 255 Å². The molecule has 5 heteroatoms. The summed E-state index contributed by atoms with van der Waals surface area (Å²) in [7, 11) is -2.80. The molecule has 67 heavy (non-hydrogen) atoms. The highest BCUT2D eigenvalue weighted by Crippen LogP contribution is 2.38. The van der Waals surface area contributed by atoms with Gasteiger partial charge in [-0.1, -0.05) is 206 Å². The molecule has 0 saturated carbocycles. The molecular weight excluding hydrogens is 829 g/mol. The van der Waals surface area contributed by atoms with Crippen molar-refractivity contribution in [2.75, 3.05) is 0 Å². The number of aromatic nitrogens is 4. The van der Waals surface area contributed by atoms with E-state index in [2.05, 4.69) is 264 Å². The summed E-state index contributed by atoms with van der Waals surface area (Å²) in [5, 5.41) is 11.1. The standard InChI is InChI=1S/C62H42N4Si/c1-5-21-46(22-6-1)65-57-34-17-14-30-51(57)53-38-36-44(42-60(53)65)43-37-39-59-55(41-43)52-31-15-18-35-58(52)66(59)62-63-56-33-16-13-32-54(56)61(64-62)45-20-19-29-50(40-45)67(47-23-7-2-8-24-47,48-25-9-3-10-26-48)49-27-11-4-12-28-49/h1-42H. The number of benzene rings is 10. The maximum absolute atomic E-state index is 5.59. The lowest BCUT2D eigenvalue weighted by molar-refractivity contribution is 1.01. The number of nitrogens with zero attached hydrogens (tertiary/aromatic N) is 4. The van der Waals surface area contributed by atoms with E-state index in [1.54, 1.807) is 0 Å². The summed E-state index contributed by atoms with van der Waals surface area (Å²) >= 11 is 0. The van der Waals surface area contributed by atoms with Crippen molar-refractivity contribution in [3.05, 3.63) is 255 Å². The zero-order valence-corrected chi connectivity index (χ0v) is 37.5. The summed E-state index contributed by atoms with van der Waals surface area (Å²) < 4.78 is 4.64. The van der Waals surface area contributed by atoms with E-state index in [0.29, 0.717) is 5.95 Å². The molecule has 0 atom stereocenters. The monoisotopic (exact) mass is 870 g/mol. The second kappa shape index (κ2) is 15.8. The molecule has 3 heterocycles. The zero-order valence-electron chi connectivity index (χ0n) is 36.5. The second-order valence-electron chi connectivity index (χ2n) is 17.3. The third kappa shape index (κ3) is 6.20. The predicted molar refractivity (Wildman–Crippen MR) is 283 cm³/mol. The topological polar surface area (TPSA) is 35.6 Å². The van der Waals surface area contributed by atoms with Gasteiger partial charge in [0.1, 0.15) is 0 Å². The molecule has 0 aliphatic carbocycles. The molecule has 0 aliphatic heterocycles. The Morgan fingerprint density at radius 1 is 0.284 bits per heavy atom. The fraction of sp³-hybridized carbons (Fsp3) is 0. The summed E-state index contributed by atoms with van der Waals surface area (Å²) in [6.45, 7) is 0. The zero-order chi connectivity index (χ0) is 44.3. The molecule has 0 saturated heterocycles. The van der Waals surface area contributed by atoms with Gasteiger partial charge in [0, 0.05) is 38.2 Å². The van der Waals surface area contributed by atoms with Gasteiger partial charge in [-0.05, 0) is 80.4 Å². The molecule has 13 aromatic rings. The van der Waals surface area contributed by atoms with Gasteiger partial charge in [0.05, 0.1) is 33.3 Å². The van der Waals surface area contributed by atoms with Gasteiger partial charge in [0.15, 0.2) is 8.07 Å². The van der Waals surface area contributed by atoms with Gasteiger partial charge in [0.2, 0.25) is 5.95 Å². The van der Waals surface area contributed by atoms with Gasteiger partial charge < -0.3 is 4.57 Å². The van der Waals surface area contributed by atoms with Crippen molar-refractivity contribution >= 4 is 83.3 Å². The molecule has 3 aromatic heterocycles. The van der Waals surface area contributed by atoms with Gasteiger partial charge in [-0.3, -0.25) is 4.57 Å². The van der Waals surface area contributed by atoms with Crippen molar-refractivity contribution in [3.63, 3.8) is 0 Å². The Morgan fingerprint density at radius 2 is 0.776 bits per heavy atom. The first kappa shape index (κ1) is 38.8. The van der Waals surface area contributed by atoms with Gasteiger partial charge >= 0.3 is 0 Å². The summed E-state index contributed by atoms with van der Waals surface area (Å²) in [5.41, 5.74) is 10.8. The minimum Gasteiger partial charge on any atom is -0.309 e. The lowest BCUT2D eigenvalue weighted by Crippen LogP contribution is -2.74. The molecule has 0 unspecified atom stereocenters. The Bertz CT molecular complexity index is 3880. The number of hydrogen-bond acceptors (Lipinski definition) is 2.